The summed E-state index contributed by atoms with van der Waals surface area (Å²) in [6.45, 7) is 15.0. The molecule has 2 aromatic carbocycles. The van der Waals surface area contributed by atoms with Gasteiger partial charge in [-0.25, -0.2) is 9.59 Å². The third-order valence-corrected chi connectivity index (χ3v) is 13.7. The minimum absolute atomic E-state index is 0.0121. The largest absolute Gasteiger partial charge is 0.458 e. The van der Waals surface area contributed by atoms with E-state index in [0.717, 1.165) is 10.8 Å². The lowest BCUT2D eigenvalue weighted by Gasteiger charge is -2.48. The molecule has 15 atom stereocenters. The molecule has 2 aromatic rings. The molecule has 2 amide bonds. The van der Waals surface area contributed by atoms with Crippen LogP contribution in [0.1, 0.15) is 80.2 Å². The fourth-order valence-electron chi connectivity index (χ4n) is 10.3. The summed E-state index contributed by atoms with van der Waals surface area (Å²) in [4.78, 5) is 58.0. The monoisotopic (exact) mass is 852 g/mol. The van der Waals surface area contributed by atoms with E-state index in [-0.39, 0.29) is 37.5 Å². The van der Waals surface area contributed by atoms with E-state index in [1.54, 1.807) is 34.6 Å². The van der Waals surface area contributed by atoms with Gasteiger partial charge in [-0.1, -0.05) is 70.2 Å². The second kappa shape index (κ2) is 19.3. The highest BCUT2D eigenvalue weighted by molar-refractivity contribution is 5.86. The summed E-state index contributed by atoms with van der Waals surface area (Å²) in [7, 11) is 3.76. The van der Waals surface area contributed by atoms with Crippen LogP contribution >= 0.6 is 0 Å². The Morgan fingerprint density at radius 3 is 2.39 bits per heavy atom. The molecule has 338 valence electrons. The lowest BCUT2D eigenvalue weighted by molar-refractivity contribution is -0.299. The zero-order chi connectivity index (χ0) is 44.4. The van der Waals surface area contributed by atoms with Gasteiger partial charge in [0.15, 0.2) is 11.9 Å². The number of fused-ring (bicyclic) bond motifs is 5. The fourth-order valence-corrected chi connectivity index (χ4v) is 10.3. The van der Waals surface area contributed by atoms with Crippen molar-refractivity contribution in [1.82, 2.24) is 20.9 Å². The first-order valence-electron chi connectivity index (χ1n) is 22.0. The number of aliphatic hydroxyl groups excluding tert-OH is 1. The van der Waals surface area contributed by atoms with Crippen LogP contribution in [0, 0.1) is 23.7 Å². The molecule has 0 saturated carbocycles. The molecular formula is C46H68N4O11. The molecule has 4 heterocycles. The van der Waals surface area contributed by atoms with Crippen LogP contribution in [0.4, 0.5) is 9.59 Å². The number of rotatable bonds is 8. The summed E-state index contributed by atoms with van der Waals surface area (Å²) < 4.78 is 38.6. The maximum Gasteiger partial charge on any atom is 0.408 e. The maximum atomic E-state index is 14.5. The van der Waals surface area contributed by atoms with Crippen molar-refractivity contribution >= 4 is 34.7 Å². The molecule has 15 heteroatoms. The SMILES string of the molecule is CC[C@H]1OC(=O)[C@H](C)[C@H]2OCC(NCCc3cccc4ccccc34)CNC(=O)O[C@](C)(C[C@@H](C)C(=O)[C@H](C)[C@@H]3NC(=O)O[C@]13C)[C@H](O[C@@H]1O[C@H](C)C[C@H](N(C)C)[C@H]1O)[C@H]2C. The van der Waals surface area contributed by atoms with E-state index in [2.05, 4.69) is 40.2 Å². The second-order valence-electron chi connectivity index (χ2n) is 18.5. The van der Waals surface area contributed by atoms with Crippen LogP contribution in [0.15, 0.2) is 42.5 Å². The number of nitrogens with zero attached hydrogens (tertiary/aromatic N) is 1. The third kappa shape index (κ3) is 10.0. The predicted octanol–water partition coefficient (Wildman–Crippen LogP) is 4.74. The van der Waals surface area contributed by atoms with E-state index in [0.29, 0.717) is 25.8 Å². The number of esters is 1. The average Bonchev–Trinajstić information content (AvgIpc) is 3.53. The zero-order valence-corrected chi connectivity index (χ0v) is 37.5. The van der Waals surface area contributed by atoms with Gasteiger partial charge in [0.2, 0.25) is 0 Å². The maximum absolute atomic E-state index is 14.5. The van der Waals surface area contributed by atoms with Gasteiger partial charge in [-0.05, 0) is 90.4 Å². The molecular weight excluding hydrogens is 785 g/mol. The van der Waals surface area contributed by atoms with Gasteiger partial charge in [0, 0.05) is 36.4 Å². The molecule has 2 bridgehead atoms. The van der Waals surface area contributed by atoms with Crippen LogP contribution in [0.5, 0.6) is 0 Å². The van der Waals surface area contributed by atoms with Gasteiger partial charge in [0.25, 0.3) is 0 Å². The smallest absolute Gasteiger partial charge is 0.408 e. The van der Waals surface area contributed by atoms with Crippen molar-refractivity contribution < 1.29 is 52.7 Å². The number of cyclic esters (lactones) is 1. The molecule has 0 radical (unpaired) electrons. The van der Waals surface area contributed by atoms with Crippen molar-refractivity contribution in [1.29, 1.82) is 0 Å². The first-order chi connectivity index (χ1) is 28.9. The number of carbonyl (C=O) groups excluding carboxylic acids is 4. The highest BCUT2D eigenvalue weighted by atomic mass is 16.7. The third-order valence-electron chi connectivity index (χ3n) is 13.7. The number of aliphatic hydroxyl groups is 1. The molecule has 0 aliphatic carbocycles. The van der Waals surface area contributed by atoms with Crippen molar-refractivity contribution in [2.24, 2.45) is 23.7 Å². The molecule has 0 aromatic heterocycles. The Balaban J connectivity index is 1.40. The number of nitrogens with one attached hydrogen (secondary N) is 3. The van der Waals surface area contributed by atoms with Gasteiger partial charge in [-0.2, -0.15) is 0 Å². The van der Waals surface area contributed by atoms with Gasteiger partial charge in [-0.15, -0.1) is 0 Å². The molecule has 15 nitrogen and oxygen atoms in total. The molecule has 4 fully saturated rings. The van der Waals surface area contributed by atoms with Crippen molar-refractivity contribution in [3.63, 3.8) is 0 Å². The molecule has 0 spiro atoms. The Morgan fingerprint density at radius 1 is 0.951 bits per heavy atom. The van der Waals surface area contributed by atoms with E-state index < -0.39 is 95.8 Å². The topological polar surface area (TPSA) is 183 Å². The molecule has 6 rings (SSSR count). The Kier molecular flexibility index (Phi) is 14.7. The minimum Gasteiger partial charge on any atom is -0.458 e. The number of likely N-dealkylation sites (N-methyl/N-ethyl adjacent to an activating group) is 1. The number of carbonyl (C=O) groups is 4. The van der Waals surface area contributed by atoms with Gasteiger partial charge < -0.3 is 54.4 Å². The Morgan fingerprint density at radius 2 is 1.67 bits per heavy atom. The molecule has 4 saturated heterocycles. The Bertz CT molecular complexity index is 1880. The van der Waals surface area contributed by atoms with Crippen molar-refractivity contribution in [2.45, 2.75) is 147 Å². The van der Waals surface area contributed by atoms with E-state index in [4.69, 9.17) is 28.4 Å². The lowest BCUT2D eigenvalue weighted by Crippen LogP contribution is -2.61. The summed E-state index contributed by atoms with van der Waals surface area (Å²) in [5.74, 6) is -4.00. The Labute approximate surface area is 360 Å². The molecule has 1 unspecified atom stereocenters. The van der Waals surface area contributed by atoms with Gasteiger partial charge >= 0.3 is 18.2 Å². The molecule has 4 aliphatic heterocycles. The van der Waals surface area contributed by atoms with Gasteiger partial charge in [0.05, 0.1) is 30.8 Å². The van der Waals surface area contributed by atoms with Crippen LogP contribution in [-0.2, 0) is 44.4 Å². The summed E-state index contributed by atoms with van der Waals surface area (Å²) in [5.41, 5.74) is -1.76. The van der Waals surface area contributed by atoms with Crippen LogP contribution in [0.2, 0.25) is 0 Å². The number of hydrogen-bond acceptors (Lipinski definition) is 13. The zero-order valence-electron chi connectivity index (χ0n) is 37.5. The van der Waals surface area contributed by atoms with E-state index >= 15 is 0 Å². The normalized spacial score (nSPS) is 39.2. The average molecular weight is 853 g/mol. The highest BCUT2D eigenvalue weighted by Gasteiger charge is 2.58. The van der Waals surface area contributed by atoms with Gasteiger partial charge in [-0.3, -0.25) is 9.59 Å². The number of alkyl carbamates (subject to hydrolysis) is 2. The summed E-state index contributed by atoms with van der Waals surface area (Å²) >= 11 is 0. The van der Waals surface area contributed by atoms with Crippen LogP contribution in [0.25, 0.3) is 10.8 Å². The molecule has 61 heavy (non-hydrogen) atoms. The van der Waals surface area contributed by atoms with Crippen molar-refractivity contribution in [3.05, 3.63) is 48.0 Å². The number of hydrogen-bond donors (Lipinski definition) is 4. The Hall–Kier alpha value is -3.86. The lowest BCUT2D eigenvalue weighted by atomic mass is 9.73. The van der Waals surface area contributed by atoms with E-state index in [1.165, 1.54) is 5.56 Å². The number of Topliss-reactive ketones (excluding diaryl/α,β-unsaturated/α-hetero) is 1. The number of ketones is 1. The first kappa shape index (κ1) is 46.6. The number of ether oxygens (including phenoxy) is 6. The standard InChI is InChI=1S/C46H68N4O11/c1-11-35-46(8)39(49-44(55)61-46)27(4)36(51)25(2)22-45(7)40(59-42-37(52)34(50(9)10)21-26(3)57-42)28(5)38(29(6)41(53)58-35)56-24-32(23-48-43(54)60-45)47-20-19-31-17-14-16-30-15-12-13-18-33(30)31/h12-18,25-29,32,34-35,37-40,42,47,52H,11,19-24H2,1-10H3,(H,48,54)(H,49,55)/t25-,26-,27+,28+,29-,32?,34+,35-,37-,38+,39+,40-,42+,45-,46-/m1/s1. The molecule has 4 N–H and O–H groups in total. The van der Waals surface area contributed by atoms with Crippen molar-refractivity contribution in [3.8, 4) is 0 Å². The number of amides is 2. The fraction of sp³-hybridized carbons (Fsp3) is 0.696. The van der Waals surface area contributed by atoms with Crippen LogP contribution in [0.3, 0.4) is 0 Å². The van der Waals surface area contributed by atoms with Crippen molar-refractivity contribution in [2.75, 3.05) is 33.8 Å². The van der Waals surface area contributed by atoms with E-state index in [1.807, 2.05) is 58.0 Å². The summed E-state index contributed by atoms with van der Waals surface area (Å²) in [6.07, 6.45) is -5.34. The summed E-state index contributed by atoms with van der Waals surface area (Å²) in [5, 5.41) is 23.4. The van der Waals surface area contributed by atoms with Crippen LogP contribution in [-0.4, -0.2) is 134 Å². The number of benzene rings is 2. The quantitative estimate of drug-likeness (QED) is 0.211. The van der Waals surface area contributed by atoms with Gasteiger partial charge in [0.1, 0.15) is 29.7 Å². The van der Waals surface area contributed by atoms with Crippen LogP contribution < -0.4 is 16.0 Å². The predicted molar refractivity (Wildman–Crippen MR) is 228 cm³/mol. The summed E-state index contributed by atoms with van der Waals surface area (Å²) in [6, 6.07) is 12.9. The minimum atomic E-state index is -1.56. The second-order valence-corrected chi connectivity index (χ2v) is 18.5. The molecule has 4 aliphatic rings. The van der Waals surface area contributed by atoms with E-state index in [9.17, 15) is 24.3 Å². The first-order valence-corrected chi connectivity index (χ1v) is 22.0. The highest BCUT2D eigenvalue weighted by Crippen LogP contribution is 2.42.